The van der Waals surface area contributed by atoms with Crippen LogP contribution in [0, 0.1) is 12.3 Å². The normalized spacial score (nSPS) is 14.0. The number of rotatable bonds is 9. The minimum Gasteiger partial charge on any atom is -0.380 e. The van der Waals surface area contributed by atoms with E-state index in [1.165, 1.54) is 17.3 Å². The van der Waals surface area contributed by atoms with Crippen LogP contribution in [0.2, 0.25) is 0 Å². The minimum absolute atomic E-state index is 0.344. The van der Waals surface area contributed by atoms with Gasteiger partial charge in [0, 0.05) is 47.5 Å². The van der Waals surface area contributed by atoms with Crippen LogP contribution < -0.4 is 10.6 Å². The lowest BCUT2D eigenvalue weighted by Gasteiger charge is -2.14. The molecule has 0 aliphatic carbocycles. The Bertz CT molecular complexity index is 1660. The number of benzene rings is 3. The van der Waals surface area contributed by atoms with Gasteiger partial charge in [-0.25, -0.2) is 9.97 Å². The van der Waals surface area contributed by atoms with E-state index in [0.29, 0.717) is 12.6 Å². The number of nitrogens with zero attached hydrogens (tertiary/aromatic N) is 3. The molecule has 1 fully saturated rings. The fourth-order valence-electron chi connectivity index (χ4n) is 4.55. The highest BCUT2D eigenvalue weighted by Crippen LogP contribution is 2.30. The Morgan fingerprint density at radius 2 is 1.85 bits per heavy atom. The van der Waals surface area contributed by atoms with Crippen molar-refractivity contribution in [2.45, 2.75) is 40.0 Å². The number of hydrogen-bond donors (Lipinski definition) is 3. The van der Waals surface area contributed by atoms with Crippen molar-refractivity contribution in [2.24, 2.45) is 0 Å². The molecule has 7 heteroatoms. The van der Waals surface area contributed by atoms with Gasteiger partial charge >= 0.3 is 0 Å². The first kappa shape index (κ1) is 27.8. The lowest BCUT2D eigenvalue weighted by Crippen LogP contribution is -2.03. The highest BCUT2D eigenvalue weighted by molar-refractivity contribution is 5.94. The Balaban J connectivity index is 0.000000794. The van der Waals surface area contributed by atoms with E-state index in [1.54, 1.807) is 6.33 Å². The Morgan fingerprint density at radius 3 is 2.61 bits per heavy atom. The van der Waals surface area contributed by atoms with Crippen LogP contribution in [0.5, 0.6) is 0 Å². The molecule has 208 valence electrons. The predicted octanol–water partition coefficient (Wildman–Crippen LogP) is 7.74. The Labute approximate surface area is 241 Å². The summed E-state index contributed by atoms with van der Waals surface area (Å²) in [7, 11) is 0. The zero-order valence-electron chi connectivity index (χ0n) is 23.8. The third-order valence-electron chi connectivity index (χ3n) is 6.90. The first-order valence-electron chi connectivity index (χ1n) is 13.9. The molecule has 0 spiro atoms. The number of ether oxygens (including phenoxy) is 1. The predicted molar refractivity (Wildman–Crippen MR) is 169 cm³/mol. The van der Waals surface area contributed by atoms with E-state index in [9.17, 15) is 0 Å². The van der Waals surface area contributed by atoms with Gasteiger partial charge in [-0.3, -0.25) is 0 Å². The number of epoxide rings is 1. The molecule has 1 unspecified atom stereocenters. The molecule has 0 amide bonds. The van der Waals surface area contributed by atoms with Crippen molar-refractivity contribution in [3.05, 3.63) is 114 Å². The van der Waals surface area contributed by atoms with Gasteiger partial charge in [0.2, 0.25) is 0 Å². The molecule has 3 N–H and O–H groups in total. The van der Waals surface area contributed by atoms with Crippen molar-refractivity contribution in [2.75, 3.05) is 17.2 Å². The standard InChI is InChI=1S/C30H28N6O.C4H8/c1-20-3-2-4-21(11-20)15-32-28-8-6-25(12-24(28)14-31)35-30-27-13-22(5-7-29(27)33-19-34-30)23-9-10-36(16-23)17-26-18-37-26;1-3-4-2/h2-14,16,19,26,31-32H,15,17-18H2,1H3,(H,33,34,35);3-4H,1-2H3. The van der Waals surface area contributed by atoms with Crippen LogP contribution in [0.4, 0.5) is 17.2 Å². The molecule has 7 nitrogen and oxygen atoms in total. The molecule has 1 atom stereocenters. The third kappa shape index (κ3) is 7.26. The summed E-state index contributed by atoms with van der Waals surface area (Å²) in [6, 6.07) is 22.8. The van der Waals surface area contributed by atoms with Crippen molar-refractivity contribution in [3.8, 4) is 11.1 Å². The summed E-state index contributed by atoms with van der Waals surface area (Å²) in [5.41, 5.74) is 8.14. The van der Waals surface area contributed by atoms with Gasteiger partial charge in [-0.2, -0.15) is 0 Å². The average molecular weight is 545 g/mol. The molecule has 1 saturated heterocycles. The summed E-state index contributed by atoms with van der Waals surface area (Å²) in [5, 5.41) is 15.8. The van der Waals surface area contributed by atoms with E-state index < -0.39 is 0 Å². The number of hydrogen-bond acceptors (Lipinski definition) is 6. The smallest absolute Gasteiger partial charge is 0.141 e. The van der Waals surface area contributed by atoms with E-state index in [0.717, 1.165) is 57.9 Å². The molecular formula is C34H36N6O. The van der Waals surface area contributed by atoms with E-state index in [2.05, 4.69) is 87.0 Å². The topological polar surface area (TPSA) is 91.2 Å². The molecule has 5 aromatic rings. The number of nitrogens with one attached hydrogen (secondary N) is 3. The minimum atomic E-state index is 0.344. The molecule has 3 heterocycles. The number of anilines is 3. The van der Waals surface area contributed by atoms with Crippen molar-refractivity contribution in [1.29, 1.82) is 5.41 Å². The molecule has 41 heavy (non-hydrogen) atoms. The zero-order valence-corrected chi connectivity index (χ0v) is 23.8. The van der Waals surface area contributed by atoms with Gasteiger partial charge in [0.05, 0.1) is 24.8 Å². The van der Waals surface area contributed by atoms with Gasteiger partial charge in [-0.05, 0) is 73.9 Å². The van der Waals surface area contributed by atoms with Gasteiger partial charge in [-0.1, -0.05) is 48.0 Å². The number of aromatic nitrogens is 3. The number of allylic oxidation sites excluding steroid dienone is 2. The second-order valence-electron chi connectivity index (χ2n) is 10.1. The largest absolute Gasteiger partial charge is 0.380 e. The van der Waals surface area contributed by atoms with Crippen molar-refractivity contribution in [3.63, 3.8) is 0 Å². The maximum absolute atomic E-state index is 7.95. The highest BCUT2D eigenvalue weighted by atomic mass is 16.6. The van der Waals surface area contributed by atoms with Crippen molar-refractivity contribution >= 4 is 34.3 Å². The van der Waals surface area contributed by atoms with Gasteiger partial charge in [-0.15, -0.1) is 0 Å². The molecule has 0 radical (unpaired) electrons. The van der Waals surface area contributed by atoms with Gasteiger partial charge in [0.1, 0.15) is 12.1 Å². The monoisotopic (exact) mass is 544 g/mol. The first-order chi connectivity index (χ1) is 20.1. The fraction of sp³-hybridized carbons (Fsp3) is 0.206. The zero-order chi connectivity index (χ0) is 28.6. The van der Waals surface area contributed by atoms with Gasteiger partial charge in [0.25, 0.3) is 0 Å². The second-order valence-corrected chi connectivity index (χ2v) is 10.1. The van der Waals surface area contributed by atoms with Crippen LogP contribution in [0.25, 0.3) is 22.0 Å². The molecule has 0 saturated carbocycles. The Hall–Kier alpha value is -4.75. The van der Waals surface area contributed by atoms with E-state index in [-0.39, 0.29) is 0 Å². The summed E-state index contributed by atoms with van der Waals surface area (Å²) in [6.45, 7) is 8.52. The van der Waals surface area contributed by atoms with E-state index >= 15 is 0 Å². The maximum atomic E-state index is 7.95. The van der Waals surface area contributed by atoms with Crippen molar-refractivity contribution < 1.29 is 4.74 Å². The second kappa shape index (κ2) is 13.1. The Kier molecular flexibility index (Phi) is 8.86. The van der Waals surface area contributed by atoms with Crippen LogP contribution in [0.1, 0.15) is 30.5 Å². The summed E-state index contributed by atoms with van der Waals surface area (Å²) in [4.78, 5) is 8.99. The van der Waals surface area contributed by atoms with Crippen LogP contribution in [0.3, 0.4) is 0 Å². The van der Waals surface area contributed by atoms with E-state index in [4.69, 9.17) is 10.1 Å². The molecule has 3 aromatic carbocycles. The summed E-state index contributed by atoms with van der Waals surface area (Å²) in [5.74, 6) is 0.731. The summed E-state index contributed by atoms with van der Waals surface area (Å²) < 4.78 is 7.53. The van der Waals surface area contributed by atoms with Crippen molar-refractivity contribution in [1.82, 2.24) is 14.5 Å². The fourth-order valence-corrected chi connectivity index (χ4v) is 4.55. The van der Waals surface area contributed by atoms with Gasteiger partial charge < -0.3 is 25.3 Å². The SMILES string of the molecule is CC=CC.Cc1cccc(CNc2ccc(Nc3ncnc4ccc(-c5ccn(CC6CO6)c5)cc34)cc2C=N)c1. The third-order valence-corrected chi connectivity index (χ3v) is 6.90. The quantitative estimate of drug-likeness (QED) is 0.100. The van der Waals surface area contributed by atoms with Crippen LogP contribution >= 0.6 is 0 Å². The van der Waals surface area contributed by atoms with Gasteiger partial charge in [0.15, 0.2) is 0 Å². The first-order valence-corrected chi connectivity index (χ1v) is 13.9. The molecular weight excluding hydrogens is 508 g/mol. The van der Waals surface area contributed by atoms with E-state index in [1.807, 2.05) is 50.3 Å². The summed E-state index contributed by atoms with van der Waals surface area (Å²) >= 11 is 0. The average Bonchev–Trinajstić information content (AvgIpc) is 3.70. The molecule has 0 bridgehead atoms. The molecule has 1 aliphatic rings. The molecule has 2 aromatic heterocycles. The van der Waals surface area contributed by atoms with Crippen LogP contribution in [-0.2, 0) is 17.8 Å². The number of fused-ring (bicyclic) bond motifs is 1. The highest BCUT2D eigenvalue weighted by Gasteiger charge is 2.22. The molecule has 1 aliphatic heterocycles. The van der Waals surface area contributed by atoms with Crippen LogP contribution in [-0.4, -0.2) is 33.5 Å². The molecule has 6 rings (SSSR count). The van der Waals surface area contributed by atoms with Crippen LogP contribution in [0.15, 0.2) is 97.6 Å². The Morgan fingerprint density at radius 1 is 1.00 bits per heavy atom. The lowest BCUT2D eigenvalue weighted by molar-refractivity contribution is 0.383. The summed E-state index contributed by atoms with van der Waals surface area (Å²) in [6.07, 6.45) is 11.5. The maximum Gasteiger partial charge on any atom is 0.141 e. The lowest BCUT2D eigenvalue weighted by atomic mass is 10.1. The number of aryl methyl sites for hydroxylation is 1.